The number of hydrogen-bond donors (Lipinski definition) is 2. The minimum Gasteiger partial charge on any atom is -0.480 e. The molecule has 2 unspecified atom stereocenters. The number of halogens is 1. The van der Waals surface area contributed by atoms with Crippen LogP contribution in [0.5, 0.6) is 5.75 Å². The fourth-order valence-electron chi connectivity index (χ4n) is 1.29. The summed E-state index contributed by atoms with van der Waals surface area (Å²) in [6.07, 6.45) is -0.534. The van der Waals surface area contributed by atoms with Gasteiger partial charge in [-0.15, -0.1) is 0 Å². The van der Waals surface area contributed by atoms with Crippen molar-refractivity contribution in [3.63, 3.8) is 0 Å². The maximum atomic E-state index is 11.8. The average molecular weight is 315 g/mol. The van der Waals surface area contributed by atoms with Crippen molar-refractivity contribution < 1.29 is 9.53 Å². The summed E-state index contributed by atoms with van der Waals surface area (Å²) in [6.45, 7) is 4.83. The molecule has 1 aromatic rings. The van der Waals surface area contributed by atoms with Crippen molar-refractivity contribution in [1.82, 2.24) is 5.32 Å². The molecular formula is C13H19BrN2O2. The fourth-order valence-corrected chi connectivity index (χ4v) is 1.66. The molecule has 1 rings (SSSR count). The Morgan fingerprint density at radius 1 is 1.44 bits per heavy atom. The molecule has 1 amide bonds. The van der Waals surface area contributed by atoms with Crippen LogP contribution in [0.2, 0.25) is 0 Å². The minimum atomic E-state index is -0.534. The van der Waals surface area contributed by atoms with Gasteiger partial charge in [-0.05, 0) is 47.4 Å². The molecule has 1 aromatic carbocycles. The van der Waals surface area contributed by atoms with Gasteiger partial charge in [-0.2, -0.15) is 0 Å². The van der Waals surface area contributed by atoms with Gasteiger partial charge < -0.3 is 15.8 Å². The number of para-hydroxylation sites is 1. The molecule has 0 aliphatic heterocycles. The Kier molecular flexibility index (Phi) is 6.15. The Bertz CT molecular complexity index is 398. The smallest absolute Gasteiger partial charge is 0.260 e. The third-order valence-corrected chi connectivity index (χ3v) is 3.19. The first-order valence-electron chi connectivity index (χ1n) is 5.93. The number of hydrogen-bond acceptors (Lipinski definition) is 3. The lowest BCUT2D eigenvalue weighted by Crippen LogP contribution is -2.39. The van der Waals surface area contributed by atoms with Crippen molar-refractivity contribution in [2.45, 2.75) is 20.0 Å². The second-order valence-corrected chi connectivity index (χ2v) is 5.13. The van der Waals surface area contributed by atoms with Gasteiger partial charge in [0.05, 0.1) is 4.47 Å². The zero-order chi connectivity index (χ0) is 13.5. The molecule has 0 bridgehead atoms. The largest absolute Gasteiger partial charge is 0.480 e. The van der Waals surface area contributed by atoms with Gasteiger partial charge in [0, 0.05) is 6.54 Å². The number of carbonyl (C=O) groups excluding carboxylic acids is 1. The van der Waals surface area contributed by atoms with Gasteiger partial charge in [0.15, 0.2) is 6.10 Å². The summed E-state index contributed by atoms with van der Waals surface area (Å²) in [5.74, 6) is 0.794. The molecule has 0 heterocycles. The Labute approximate surface area is 116 Å². The number of benzene rings is 1. The maximum Gasteiger partial charge on any atom is 0.260 e. The van der Waals surface area contributed by atoms with Crippen molar-refractivity contribution in [1.29, 1.82) is 0 Å². The molecular weight excluding hydrogens is 296 g/mol. The highest BCUT2D eigenvalue weighted by atomic mass is 79.9. The van der Waals surface area contributed by atoms with E-state index in [0.717, 1.165) is 4.47 Å². The first-order valence-corrected chi connectivity index (χ1v) is 6.72. The Hall–Kier alpha value is -1.07. The third kappa shape index (κ3) is 4.66. The van der Waals surface area contributed by atoms with Gasteiger partial charge >= 0.3 is 0 Å². The van der Waals surface area contributed by atoms with Gasteiger partial charge in [-0.25, -0.2) is 0 Å². The summed E-state index contributed by atoms with van der Waals surface area (Å²) in [5.41, 5.74) is 5.49. The van der Waals surface area contributed by atoms with Gasteiger partial charge in [0.1, 0.15) is 5.75 Å². The van der Waals surface area contributed by atoms with E-state index in [2.05, 4.69) is 21.2 Å². The summed E-state index contributed by atoms with van der Waals surface area (Å²) in [4.78, 5) is 11.8. The van der Waals surface area contributed by atoms with Crippen LogP contribution >= 0.6 is 15.9 Å². The predicted octanol–water partition coefficient (Wildman–Crippen LogP) is 1.93. The molecule has 0 fully saturated rings. The van der Waals surface area contributed by atoms with Gasteiger partial charge in [-0.1, -0.05) is 19.1 Å². The third-order valence-electron chi connectivity index (χ3n) is 2.54. The van der Waals surface area contributed by atoms with E-state index in [-0.39, 0.29) is 11.8 Å². The number of amides is 1. The van der Waals surface area contributed by atoms with Gasteiger partial charge in [0.25, 0.3) is 5.91 Å². The van der Waals surface area contributed by atoms with E-state index in [9.17, 15) is 4.79 Å². The molecule has 18 heavy (non-hydrogen) atoms. The number of ether oxygens (including phenoxy) is 1. The van der Waals surface area contributed by atoms with Crippen LogP contribution in [0, 0.1) is 5.92 Å². The summed E-state index contributed by atoms with van der Waals surface area (Å²) in [6, 6.07) is 7.44. The molecule has 0 saturated carbocycles. The quantitative estimate of drug-likeness (QED) is 0.843. The van der Waals surface area contributed by atoms with E-state index in [1.165, 1.54) is 0 Å². The molecule has 0 aromatic heterocycles. The summed E-state index contributed by atoms with van der Waals surface area (Å²) >= 11 is 3.37. The molecule has 4 nitrogen and oxygen atoms in total. The second kappa shape index (κ2) is 7.38. The van der Waals surface area contributed by atoms with E-state index in [1.54, 1.807) is 6.92 Å². The molecule has 0 radical (unpaired) electrons. The number of rotatable bonds is 6. The number of nitrogens with one attached hydrogen (secondary N) is 1. The lowest BCUT2D eigenvalue weighted by Gasteiger charge is -2.17. The molecule has 100 valence electrons. The lowest BCUT2D eigenvalue weighted by molar-refractivity contribution is -0.127. The van der Waals surface area contributed by atoms with Crippen molar-refractivity contribution in [2.24, 2.45) is 11.7 Å². The van der Waals surface area contributed by atoms with Crippen LogP contribution in [0.15, 0.2) is 28.7 Å². The molecule has 0 saturated heterocycles. The fraction of sp³-hybridized carbons (Fsp3) is 0.462. The molecule has 2 atom stereocenters. The highest BCUT2D eigenvalue weighted by Gasteiger charge is 2.15. The summed E-state index contributed by atoms with van der Waals surface area (Å²) < 4.78 is 6.42. The van der Waals surface area contributed by atoms with Crippen LogP contribution in [0.4, 0.5) is 0 Å². The Morgan fingerprint density at radius 3 is 2.72 bits per heavy atom. The van der Waals surface area contributed by atoms with E-state index < -0.39 is 6.10 Å². The van der Waals surface area contributed by atoms with Crippen LogP contribution in [-0.2, 0) is 4.79 Å². The van der Waals surface area contributed by atoms with Crippen LogP contribution in [0.3, 0.4) is 0 Å². The van der Waals surface area contributed by atoms with E-state index in [0.29, 0.717) is 18.8 Å². The normalized spacial score (nSPS) is 13.8. The zero-order valence-electron chi connectivity index (χ0n) is 10.7. The first kappa shape index (κ1) is 15.0. The molecule has 0 aliphatic carbocycles. The van der Waals surface area contributed by atoms with E-state index >= 15 is 0 Å². The highest BCUT2D eigenvalue weighted by molar-refractivity contribution is 9.10. The van der Waals surface area contributed by atoms with Crippen molar-refractivity contribution >= 4 is 21.8 Å². The lowest BCUT2D eigenvalue weighted by atomic mass is 10.2. The highest BCUT2D eigenvalue weighted by Crippen LogP contribution is 2.24. The second-order valence-electron chi connectivity index (χ2n) is 4.28. The number of carbonyl (C=O) groups is 1. The van der Waals surface area contributed by atoms with Crippen LogP contribution in [-0.4, -0.2) is 25.1 Å². The number of nitrogens with two attached hydrogens (primary N) is 1. The Morgan fingerprint density at radius 2 is 2.11 bits per heavy atom. The SMILES string of the molecule is CC(CN)CNC(=O)C(C)Oc1ccccc1Br. The Balaban J connectivity index is 2.47. The van der Waals surface area contributed by atoms with Gasteiger partial charge in [-0.3, -0.25) is 4.79 Å². The van der Waals surface area contributed by atoms with E-state index in [1.807, 2.05) is 31.2 Å². The van der Waals surface area contributed by atoms with Crippen LogP contribution in [0.25, 0.3) is 0 Å². The molecule has 0 aliphatic rings. The minimum absolute atomic E-state index is 0.133. The van der Waals surface area contributed by atoms with E-state index in [4.69, 9.17) is 10.5 Å². The standard InChI is InChI=1S/C13H19BrN2O2/c1-9(7-15)8-16-13(17)10(2)18-12-6-4-3-5-11(12)14/h3-6,9-10H,7-8,15H2,1-2H3,(H,16,17). The zero-order valence-corrected chi connectivity index (χ0v) is 12.2. The predicted molar refractivity (Wildman–Crippen MR) is 75.5 cm³/mol. The average Bonchev–Trinajstić information content (AvgIpc) is 2.38. The van der Waals surface area contributed by atoms with Crippen LogP contribution < -0.4 is 15.8 Å². The van der Waals surface area contributed by atoms with Crippen molar-refractivity contribution in [3.8, 4) is 5.75 Å². The maximum absolute atomic E-state index is 11.8. The van der Waals surface area contributed by atoms with Crippen LogP contribution in [0.1, 0.15) is 13.8 Å². The molecule has 3 N–H and O–H groups in total. The van der Waals surface area contributed by atoms with Crippen molar-refractivity contribution in [2.75, 3.05) is 13.1 Å². The first-order chi connectivity index (χ1) is 8.54. The topological polar surface area (TPSA) is 64.3 Å². The monoisotopic (exact) mass is 314 g/mol. The summed E-state index contributed by atoms with van der Waals surface area (Å²) in [7, 11) is 0. The van der Waals surface area contributed by atoms with Gasteiger partial charge in [0.2, 0.25) is 0 Å². The van der Waals surface area contributed by atoms with Crippen molar-refractivity contribution in [3.05, 3.63) is 28.7 Å². The molecule has 0 spiro atoms. The molecule has 5 heteroatoms. The summed E-state index contributed by atoms with van der Waals surface area (Å²) in [5, 5.41) is 2.81.